The lowest BCUT2D eigenvalue weighted by atomic mass is 9.87. The molecule has 1 atom stereocenters. The lowest BCUT2D eigenvalue weighted by Crippen LogP contribution is -2.54. The summed E-state index contributed by atoms with van der Waals surface area (Å²) in [7, 11) is 1.62. The van der Waals surface area contributed by atoms with E-state index in [0.29, 0.717) is 25.4 Å². The molecule has 0 spiro atoms. The molecule has 6 nitrogen and oxygen atoms in total. The number of benzene rings is 1. The number of nitrogens with zero attached hydrogens (tertiary/aromatic N) is 1. The van der Waals surface area contributed by atoms with Crippen LogP contribution in [-0.4, -0.2) is 42.2 Å². The molecule has 1 fully saturated rings. The monoisotopic (exact) mass is 292 g/mol. The second-order valence-electron chi connectivity index (χ2n) is 5.36. The van der Waals surface area contributed by atoms with E-state index in [-0.39, 0.29) is 11.9 Å². The highest BCUT2D eigenvalue weighted by molar-refractivity contribution is 5.90. The maximum Gasteiger partial charge on any atom is 0.321 e. The second-order valence-corrected chi connectivity index (χ2v) is 5.36. The van der Waals surface area contributed by atoms with Crippen molar-refractivity contribution >= 4 is 17.7 Å². The Balaban J connectivity index is 1.86. The van der Waals surface area contributed by atoms with Crippen LogP contribution >= 0.6 is 0 Å². The Labute approximate surface area is 123 Å². The van der Waals surface area contributed by atoms with E-state index in [2.05, 4.69) is 5.32 Å². The summed E-state index contributed by atoms with van der Waals surface area (Å²) in [5.74, 6) is -1.19. The van der Waals surface area contributed by atoms with E-state index in [4.69, 9.17) is 9.84 Å². The molecule has 6 heteroatoms. The standard InChI is InChI=1S/C15H20N2O4/c1-10(14(18)19)12-7-17(8-12)15(20)16-13-5-3-4-11(6-13)9-21-2/h3-6,10,12H,7-9H2,1-2H3,(H,16,20)(H,18,19). The Morgan fingerprint density at radius 3 is 2.81 bits per heavy atom. The van der Waals surface area contributed by atoms with Crippen molar-refractivity contribution in [1.82, 2.24) is 4.90 Å². The van der Waals surface area contributed by atoms with Crippen molar-refractivity contribution in [3.05, 3.63) is 29.8 Å². The minimum absolute atomic E-state index is 0.0353. The van der Waals surface area contributed by atoms with Crippen molar-refractivity contribution in [2.75, 3.05) is 25.5 Å². The smallest absolute Gasteiger partial charge is 0.321 e. The van der Waals surface area contributed by atoms with Gasteiger partial charge in [0.15, 0.2) is 0 Å². The number of amides is 2. The molecule has 1 aliphatic heterocycles. The number of carbonyl (C=O) groups is 2. The predicted octanol–water partition coefficient (Wildman–Crippen LogP) is 2.02. The lowest BCUT2D eigenvalue weighted by molar-refractivity contribution is -0.144. The number of urea groups is 1. The number of hydrogen-bond acceptors (Lipinski definition) is 3. The van der Waals surface area contributed by atoms with Crippen molar-refractivity contribution in [3.63, 3.8) is 0 Å². The summed E-state index contributed by atoms with van der Waals surface area (Å²) >= 11 is 0. The first-order chi connectivity index (χ1) is 10.0. The first-order valence-corrected chi connectivity index (χ1v) is 6.88. The third kappa shape index (κ3) is 3.72. The molecule has 0 saturated carbocycles. The molecule has 0 aliphatic carbocycles. The van der Waals surface area contributed by atoms with Crippen molar-refractivity contribution in [2.24, 2.45) is 11.8 Å². The molecule has 114 valence electrons. The number of ether oxygens (including phenoxy) is 1. The molecule has 1 aromatic rings. The maximum atomic E-state index is 12.0. The van der Waals surface area contributed by atoms with Crippen LogP contribution in [0.5, 0.6) is 0 Å². The molecule has 1 saturated heterocycles. The van der Waals surface area contributed by atoms with Crippen LogP contribution in [0.1, 0.15) is 12.5 Å². The van der Waals surface area contributed by atoms with E-state index in [1.54, 1.807) is 18.9 Å². The van der Waals surface area contributed by atoms with Gasteiger partial charge >= 0.3 is 12.0 Å². The lowest BCUT2D eigenvalue weighted by Gasteiger charge is -2.41. The van der Waals surface area contributed by atoms with Gasteiger partial charge in [0.1, 0.15) is 0 Å². The molecule has 0 radical (unpaired) electrons. The minimum atomic E-state index is -0.813. The number of hydrogen-bond donors (Lipinski definition) is 2. The van der Waals surface area contributed by atoms with Crippen molar-refractivity contribution < 1.29 is 19.4 Å². The zero-order valence-corrected chi connectivity index (χ0v) is 12.2. The van der Waals surface area contributed by atoms with E-state index in [0.717, 1.165) is 5.56 Å². The topological polar surface area (TPSA) is 78.9 Å². The number of anilines is 1. The molecule has 1 heterocycles. The fraction of sp³-hybridized carbons (Fsp3) is 0.467. The van der Waals surface area contributed by atoms with E-state index < -0.39 is 11.9 Å². The van der Waals surface area contributed by atoms with Gasteiger partial charge in [0.25, 0.3) is 0 Å². The molecule has 0 bridgehead atoms. The average Bonchev–Trinajstić information content (AvgIpc) is 2.37. The Bertz CT molecular complexity index is 526. The molecule has 21 heavy (non-hydrogen) atoms. The molecule has 1 aliphatic rings. The van der Waals surface area contributed by atoms with Crippen LogP contribution in [0.2, 0.25) is 0 Å². The van der Waals surface area contributed by atoms with Crippen LogP contribution in [0.15, 0.2) is 24.3 Å². The predicted molar refractivity (Wildman–Crippen MR) is 78.0 cm³/mol. The first kappa shape index (κ1) is 15.3. The van der Waals surface area contributed by atoms with Crippen LogP contribution in [0, 0.1) is 11.8 Å². The number of aliphatic carboxylic acids is 1. The van der Waals surface area contributed by atoms with Crippen LogP contribution in [0.25, 0.3) is 0 Å². The second kappa shape index (κ2) is 6.58. The van der Waals surface area contributed by atoms with E-state index >= 15 is 0 Å². The van der Waals surface area contributed by atoms with Gasteiger partial charge in [-0.1, -0.05) is 19.1 Å². The molecular formula is C15H20N2O4. The first-order valence-electron chi connectivity index (χ1n) is 6.88. The number of likely N-dealkylation sites (tertiary alicyclic amines) is 1. The molecule has 1 aromatic carbocycles. The molecule has 2 rings (SSSR count). The fourth-order valence-electron chi connectivity index (χ4n) is 2.30. The summed E-state index contributed by atoms with van der Waals surface area (Å²) < 4.78 is 5.05. The normalized spacial score (nSPS) is 16.2. The molecular weight excluding hydrogens is 272 g/mol. The van der Waals surface area contributed by atoms with Gasteiger partial charge in [-0.25, -0.2) is 4.79 Å². The van der Waals surface area contributed by atoms with Crippen molar-refractivity contribution in [1.29, 1.82) is 0 Å². The number of rotatable bonds is 5. The Morgan fingerprint density at radius 1 is 1.48 bits per heavy atom. The summed E-state index contributed by atoms with van der Waals surface area (Å²) in [5.41, 5.74) is 1.69. The molecule has 1 unspecified atom stereocenters. The van der Waals surface area contributed by atoms with Gasteiger partial charge in [-0.2, -0.15) is 0 Å². The number of methoxy groups -OCH3 is 1. The highest BCUT2D eigenvalue weighted by Gasteiger charge is 2.37. The Morgan fingerprint density at radius 2 is 2.19 bits per heavy atom. The van der Waals surface area contributed by atoms with Gasteiger partial charge in [0.05, 0.1) is 12.5 Å². The van der Waals surface area contributed by atoms with Crippen LogP contribution in [0.4, 0.5) is 10.5 Å². The largest absolute Gasteiger partial charge is 0.481 e. The SMILES string of the molecule is COCc1cccc(NC(=O)N2CC(C(C)C(=O)O)C2)c1. The third-order valence-electron chi connectivity index (χ3n) is 3.78. The van der Waals surface area contributed by atoms with Gasteiger partial charge in [-0.3, -0.25) is 4.79 Å². The van der Waals surface area contributed by atoms with E-state index in [9.17, 15) is 9.59 Å². The average molecular weight is 292 g/mol. The van der Waals surface area contributed by atoms with E-state index in [1.807, 2.05) is 24.3 Å². The number of carboxylic acids is 1. The fourth-order valence-corrected chi connectivity index (χ4v) is 2.30. The van der Waals surface area contributed by atoms with Gasteiger partial charge in [-0.15, -0.1) is 0 Å². The maximum absolute atomic E-state index is 12.0. The van der Waals surface area contributed by atoms with Gasteiger partial charge in [0, 0.05) is 31.8 Å². The quantitative estimate of drug-likeness (QED) is 0.870. The third-order valence-corrected chi connectivity index (χ3v) is 3.78. The van der Waals surface area contributed by atoms with Crippen molar-refractivity contribution in [3.8, 4) is 0 Å². The summed E-state index contributed by atoms with van der Waals surface area (Å²) in [6.45, 7) is 3.14. The van der Waals surface area contributed by atoms with Crippen LogP contribution < -0.4 is 5.32 Å². The van der Waals surface area contributed by atoms with Crippen LogP contribution in [-0.2, 0) is 16.1 Å². The number of nitrogens with one attached hydrogen (secondary N) is 1. The van der Waals surface area contributed by atoms with Gasteiger partial charge < -0.3 is 20.1 Å². The summed E-state index contributed by atoms with van der Waals surface area (Å²) in [6, 6.07) is 7.26. The van der Waals surface area contributed by atoms with Crippen molar-refractivity contribution in [2.45, 2.75) is 13.5 Å². The van der Waals surface area contributed by atoms with E-state index in [1.165, 1.54) is 0 Å². The highest BCUT2D eigenvalue weighted by Crippen LogP contribution is 2.25. The molecule has 2 amide bonds. The van der Waals surface area contributed by atoms with Gasteiger partial charge in [-0.05, 0) is 17.7 Å². The van der Waals surface area contributed by atoms with Gasteiger partial charge in [0.2, 0.25) is 0 Å². The molecule has 0 aromatic heterocycles. The minimum Gasteiger partial charge on any atom is -0.481 e. The van der Waals surface area contributed by atoms with Crippen LogP contribution in [0.3, 0.4) is 0 Å². The summed E-state index contributed by atoms with van der Waals surface area (Å²) in [5, 5.41) is 11.7. The zero-order valence-electron chi connectivity index (χ0n) is 12.2. The zero-order chi connectivity index (χ0) is 15.4. The summed E-state index contributed by atoms with van der Waals surface area (Å²) in [4.78, 5) is 24.5. The summed E-state index contributed by atoms with van der Waals surface area (Å²) in [6.07, 6.45) is 0. The Kier molecular flexibility index (Phi) is 4.80. The molecule has 2 N–H and O–H groups in total. The number of carbonyl (C=O) groups excluding carboxylic acids is 1. The highest BCUT2D eigenvalue weighted by atomic mass is 16.5. The Hall–Kier alpha value is -2.08. The number of carboxylic acid groups (broad SMARTS) is 1.